The van der Waals surface area contributed by atoms with Gasteiger partial charge in [-0.3, -0.25) is 9.69 Å². The maximum Gasteiger partial charge on any atom is 0.416 e. The van der Waals surface area contributed by atoms with Crippen LogP contribution in [-0.4, -0.2) is 105 Å². The molecule has 18 heteroatoms. The van der Waals surface area contributed by atoms with Crippen LogP contribution in [0.1, 0.15) is 54.7 Å². The number of carbonyl (C=O) groups is 1. The lowest BCUT2D eigenvalue weighted by atomic mass is 9.85. The van der Waals surface area contributed by atoms with Gasteiger partial charge in [0.2, 0.25) is 15.9 Å². The van der Waals surface area contributed by atoms with Crippen molar-refractivity contribution in [1.29, 1.82) is 5.26 Å². The Bertz CT molecular complexity index is 2000. The molecule has 1 aliphatic carbocycles. The summed E-state index contributed by atoms with van der Waals surface area (Å²) in [6.07, 6.45) is -0.707. The number of rotatable bonds is 13. The molecule has 2 saturated heterocycles. The van der Waals surface area contributed by atoms with Crippen molar-refractivity contribution in [3.8, 4) is 11.8 Å². The van der Waals surface area contributed by atoms with Crippen LogP contribution >= 0.6 is 11.6 Å². The van der Waals surface area contributed by atoms with E-state index in [2.05, 4.69) is 10.3 Å². The number of nitrogens with one attached hydrogen (secondary N) is 1. The molecule has 1 aromatic heterocycles. The highest BCUT2D eigenvalue weighted by Crippen LogP contribution is 2.41. The van der Waals surface area contributed by atoms with Crippen LogP contribution in [0.3, 0.4) is 0 Å². The van der Waals surface area contributed by atoms with Gasteiger partial charge in [0.05, 0.1) is 53.7 Å². The van der Waals surface area contributed by atoms with Gasteiger partial charge in [-0.15, -0.1) is 0 Å². The molecule has 3 fully saturated rings. The Morgan fingerprint density at radius 3 is 2.33 bits per heavy atom. The van der Waals surface area contributed by atoms with Crippen molar-refractivity contribution < 1.29 is 44.6 Å². The molecule has 3 heterocycles. The smallest absolute Gasteiger partial charge is 0.416 e. The number of ether oxygens (including phenoxy) is 2. The molecule has 1 saturated carbocycles. The van der Waals surface area contributed by atoms with E-state index in [9.17, 15) is 26.4 Å². The van der Waals surface area contributed by atoms with Crippen molar-refractivity contribution in [3.63, 3.8) is 0 Å². The molecule has 308 valence electrons. The predicted octanol–water partition coefficient (Wildman–Crippen LogP) is 6.79. The molecule has 0 spiro atoms. The molecule has 1 N–H and O–H groups in total. The number of carbonyl (C=O) groups excluding carboxylic acids is 1. The summed E-state index contributed by atoms with van der Waals surface area (Å²) in [4.78, 5) is 20.2. The second-order valence-electron chi connectivity index (χ2n) is 14.5. The lowest BCUT2D eigenvalue weighted by Gasteiger charge is -2.38. The number of nitriles is 1. The minimum atomic E-state index is -4.51. The summed E-state index contributed by atoms with van der Waals surface area (Å²) in [7, 11) is -3.70. The monoisotopic (exact) mass is 838 g/mol. The fourth-order valence-electron chi connectivity index (χ4n) is 7.50. The van der Waals surface area contributed by atoms with Crippen LogP contribution in [0, 0.1) is 17.2 Å². The topological polar surface area (TPSA) is 128 Å². The fourth-order valence-corrected chi connectivity index (χ4v) is 9.02. The molecular weight excluding hydrogens is 795 g/mol. The zero-order valence-corrected chi connectivity index (χ0v) is 32.6. The van der Waals surface area contributed by atoms with Gasteiger partial charge in [0.1, 0.15) is 17.6 Å². The number of alkyl halides is 5. The molecule has 1 unspecified atom stereocenters. The summed E-state index contributed by atoms with van der Waals surface area (Å²) in [6.45, 7) is 0.588. The Morgan fingerprint density at radius 2 is 1.68 bits per heavy atom. The summed E-state index contributed by atoms with van der Waals surface area (Å²) in [5.41, 5.74) is 0.555. The highest BCUT2D eigenvalue weighted by atomic mass is 35.5. The molecular formula is C39H44ClF5N6O5S. The third kappa shape index (κ3) is 11.1. The minimum Gasteiger partial charge on any atom is -0.490 e. The molecule has 2 aliphatic heterocycles. The lowest BCUT2D eigenvalue weighted by Crippen LogP contribution is -2.50. The number of benzene rings is 2. The number of piperazine rings is 1. The summed E-state index contributed by atoms with van der Waals surface area (Å²) in [5.74, 6) is -3.97. The number of sulfonamides is 1. The van der Waals surface area contributed by atoms with Crippen molar-refractivity contribution in [2.24, 2.45) is 5.92 Å². The molecule has 0 bridgehead atoms. The highest BCUT2D eigenvalue weighted by Gasteiger charge is 2.45. The predicted molar refractivity (Wildman–Crippen MR) is 204 cm³/mol. The van der Waals surface area contributed by atoms with Crippen LogP contribution in [-0.2, 0) is 25.7 Å². The Morgan fingerprint density at radius 1 is 0.965 bits per heavy atom. The Labute approximate surface area is 333 Å². The summed E-state index contributed by atoms with van der Waals surface area (Å²) in [6, 6.07) is 15.3. The first-order chi connectivity index (χ1) is 27.1. The number of piperidine rings is 1. The van der Waals surface area contributed by atoms with Gasteiger partial charge in [-0.1, -0.05) is 23.7 Å². The van der Waals surface area contributed by atoms with Crippen LogP contribution in [0.5, 0.6) is 5.75 Å². The number of pyridine rings is 1. The third-order valence-corrected chi connectivity index (χ3v) is 12.9. The van der Waals surface area contributed by atoms with Crippen LogP contribution in [0.4, 0.5) is 33.5 Å². The second kappa shape index (κ2) is 18.2. The average Bonchev–Trinajstić information content (AvgIpc) is 3.18. The Balaban J connectivity index is 0.877. The Hall–Kier alpha value is -4.08. The molecule has 6 rings (SSSR count). The number of aromatic nitrogens is 1. The normalized spacial score (nSPS) is 22.1. The number of halogens is 6. The summed E-state index contributed by atoms with van der Waals surface area (Å²) < 4.78 is 109. The molecule has 1 amide bonds. The van der Waals surface area contributed by atoms with Gasteiger partial charge < -0.3 is 19.7 Å². The molecule has 11 nitrogen and oxygen atoms in total. The quantitative estimate of drug-likeness (QED) is 0.146. The van der Waals surface area contributed by atoms with Crippen LogP contribution in [0.2, 0.25) is 5.02 Å². The molecule has 3 aromatic rings. The number of amides is 1. The number of hydrogen-bond donors (Lipinski definition) is 1. The van der Waals surface area contributed by atoms with E-state index in [4.69, 9.17) is 26.3 Å². The standard InChI is InChI=1S/C39H44ClF5N6O5S/c40-35-24-33(10-5-29(35)25-46)56-32-8-3-28(4-9-32)37(52)48-31-6-1-27(2-7-31)34-12-14-49(26-38(34,41)42)19-20-55-21-22-57(53,54)51-17-15-50(16-18-51)36-23-30(11-13-47-36)39(43,44)45/h1-2,5-7,10-11,13,23-24,28,32,34H,3-4,8-9,12,14-22,26H2,(H,48,52). The van der Waals surface area contributed by atoms with E-state index in [1.807, 2.05) is 6.07 Å². The third-order valence-electron chi connectivity index (χ3n) is 10.7. The number of anilines is 2. The maximum atomic E-state index is 15.4. The largest absolute Gasteiger partial charge is 0.490 e. The van der Waals surface area contributed by atoms with Crippen molar-refractivity contribution in [3.05, 3.63) is 82.5 Å². The van der Waals surface area contributed by atoms with Crippen molar-refractivity contribution >= 4 is 39.0 Å². The molecule has 3 aliphatic rings. The van der Waals surface area contributed by atoms with Crippen molar-refractivity contribution in [2.45, 2.75) is 56.2 Å². The molecule has 1 atom stereocenters. The SMILES string of the molecule is N#Cc1ccc(OC2CCC(C(=O)Nc3ccc(C4CCN(CCOCCS(=O)(=O)N5CCN(c6cc(C(F)(F)F)ccn6)CC5)CC4(F)F)cc3)CC2)cc1Cl. The molecule has 57 heavy (non-hydrogen) atoms. The average molecular weight is 839 g/mol. The van der Waals surface area contributed by atoms with E-state index in [1.54, 1.807) is 52.3 Å². The van der Waals surface area contributed by atoms with Gasteiger partial charge in [-0.05, 0) is 80.6 Å². The lowest BCUT2D eigenvalue weighted by molar-refractivity contribution is -0.137. The molecule has 0 radical (unpaired) electrons. The van der Waals surface area contributed by atoms with E-state index >= 15 is 8.78 Å². The number of nitrogens with zero attached hydrogens (tertiary/aromatic N) is 5. The van der Waals surface area contributed by atoms with Crippen molar-refractivity contribution in [2.75, 3.05) is 75.0 Å². The fraction of sp³-hybridized carbons (Fsp3) is 0.513. The van der Waals surface area contributed by atoms with E-state index in [0.29, 0.717) is 59.8 Å². The first-order valence-corrected chi connectivity index (χ1v) is 20.8. The van der Waals surface area contributed by atoms with E-state index < -0.39 is 40.1 Å². The number of hydrogen-bond acceptors (Lipinski definition) is 9. The first-order valence-electron chi connectivity index (χ1n) is 18.8. The zero-order valence-electron chi connectivity index (χ0n) is 31.1. The van der Waals surface area contributed by atoms with Crippen molar-refractivity contribution in [1.82, 2.24) is 14.2 Å². The number of likely N-dealkylation sites (tertiary alicyclic amines) is 1. The van der Waals surface area contributed by atoms with Gasteiger partial charge in [-0.25, -0.2) is 22.2 Å². The maximum absolute atomic E-state index is 15.4. The van der Waals surface area contributed by atoms with Crippen LogP contribution in [0.25, 0.3) is 0 Å². The Kier molecular flexibility index (Phi) is 13.6. The van der Waals surface area contributed by atoms with E-state index in [-0.39, 0.29) is 81.9 Å². The minimum absolute atomic E-state index is 0.0698. The first kappa shape index (κ1) is 42.5. The van der Waals surface area contributed by atoms with E-state index in [1.165, 1.54) is 4.31 Å². The van der Waals surface area contributed by atoms with E-state index in [0.717, 1.165) is 18.3 Å². The molecule has 2 aromatic carbocycles. The van der Waals surface area contributed by atoms with Gasteiger partial charge >= 0.3 is 6.18 Å². The van der Waals surface area contributed by atoms with Gasteiger partial charge in [0.15, 0.2) is 0 Å². The van der Waals surface area contributed by atoms with Crippen LogP contribution in [0.15, 0.2) is 60.8 Å². The summed E-state index contributed by atoms with van der Waals surface area (Å²) in [5, 5.41) is 12.3. The zero-order chi connectivity index (χ0) is 40.8. The van der Waals surface area contributed by atoms with Gasteiger partial charge in [0.25, 0.3) is 5.92 Å². The van der Waals surface area contributed by atoms with Crippen LogP contribution < -0.4 is 15.0 Å². The summed E-state index contributed by atoms with van der Waals surface area (Å²) >= 11 is 6.11. The second-order valence-corrected chi connectivity index (χ2v) is 17.0. The van der Waals surface area contributed by atoms with Gasteiger partial charge in [-0.2, -0.15) is 22.7 Å². The highest BCUT2D eigenvalue weighted by molar-refractivity contribution is 7.89. The van der Waals surface area contributed by atoms with Gasteiger partial charge in [0, 0.05) is 56.6 Å².